The number of hydrogen-bond acceptors (Lipinski definition) is 15. The quantitative estimate of drug-likeness (QED) is 0.0222. The molecule has 0 aromatic heterocycles. The highest BCUT2D eigenvalue weighted by atomic mass is 31.2. The molecule has 0 spiro atoms. The first kappa shape index (κ1) is 87.1. The van der Waals surface area contributed by atoms with Gasteiger partial charge in [-0.2, -0.15) is 0 Å². The average Bonchev–Trinajstić information content (AvgIpc) is 3.70. The molecule has 19 heteroatoms. The molecular formula is C70H136O17P2. The molecule has 0 rings (SSSR count). The SMILES string of the molecule is CC(C)CCCCCCCCCCCCCC(=O)OC[C@H](COP(=O)(O)OC[C@@H](O)COP(=O)(O)OC[C@@H](COC(=O)CCCCCCCCC(C)C)OC(=O)CCCCCCCCCCCC(C)C)OC(=O)CCCCCCCCCCCCCC(C)C. The van der Waals surface area contributed by atoms with Crippen molar-refractivity contribution in [1.29, 1.82) is 0 Å². The zero-order valence-electron chi connectivity index (χ0n) is 58.1. The first-order chi connectivity index (χ1) is 42.6. The van der Waals surface area contributed by atoms with Crippen molar-refractivity contribution < 1.29 is 80.2 Å². The molecule has 2 unspecified atom stereocenters. The summed E-state index contributed by atoms with van der Waals surface area (Å²) in [6.45, 7) is 14.0. The van der Waals surface area contributed by atoms with Crippen molar-refractivity contribution >= 4 is 39.5 Å². The smallest absolute Gasteiger partial charge is 0.462 e. The van der Waals surface area contributed by atoms with Crippen LogP contribution in [0.15, 0.2) is 0 Å². The van der Waals surface area contributed by atoms with E-state index in [2.05, 4.69) is 55.4 Å². The monoisotopic (exact) mass is 1310 g/mol. The van der Waals surface area contributed by atoms with E-state index in [1.807, 2.05) is 0 Å². The summed E-state index contributed by atoms with van der Waals surface area (Å²) >= 11 is 0. The van der Waals surface area contributed by atoms with Crippen LogP contribution < -0.4 is 0 Å². The molecule has 0 aliphatic carbocycles. The Kier molecular flexibility index (Phi) is 58.5. The molecule has 0 saturated heterocycles. The lowest BCUT2D eigenvalue weighted by Crippen LogP contribution is -2.30. The number of esters is 4. The first-order valence-corrected chi connectivity index (χ1v) is 39.2. The molecular weight excluding hydrogens is 1170 g/mol. The van der Waals surface area contributed by atoms with Crippen molar-refractivity contribution in [3.05, 3.63) is 0 Å². The van der Waals surface area contributed by atoms with Gasteiger partial charge in [-0.15, -0.1) is 0 Å². The minimum absolute atomic E-state index is 0.104. The Morgan fingerprint density at radius 2 is 0.472 bits per heavy atom. The van der Waals surface area contributed by atoms with Crippen LogP contribution in [0.25, 0.3) is 0 Å². The number of carbonyl (C=O) groups excluding carboxylic acids is 4. The van der Waals surface area contributed by atoms with Gasteiger partial charge in [0.25, 0.3) is 0 Å². The lowest BCUT2D eigenvalue weighted by Gasteiger charge is -2.21. The van der Waals surface area contributed by atoms with Crippen LogP contribution in [0.3, 0.4) is 0 Å². The lowest BCUT2D eigenvalue weighted by molar-refractivity contribution is -0.161. The second-order valence-electron chi connectivity index (χ2n) is 27.2. The molecule has 0 saturated carbocycles. The zero-order valence-corrected chi connectivity index (χ0v) is 59.8. The van der Waals surface area contributed by atoms with Gasteiger partial charge in [-0.05, 0) is 49.4 Å². The normalized spacial score (nSPS) is 14.3. The predicted molar refractivity (Wildman–Crippen MR) is 358 cm³/mol. The highest BCUT2D eigenvalue weighted by Gasteiger charge is 2.30. The topological polar surface area (TPSA) is 237 Å². The molecule has 17 nitrogen and oxygen atoms in total. The molecule has 0 fully saturated rings. The highest BCUT2D eigenvalue weighted by Crippen LogP contribution is 2.45. The molecule has 0 bridgehead atoms. The third kappa shape index (κ3) is 64.6. The first-order valence-electron chi connectivity index (χ1n) is 36.2. The molecule has 5 atom stereocenters. The van der Waals surface area contributed by atoms with Crippen LogP contribution in [-0.2, 0) is 65.4 Å². The van der Waals surface area contributed by atoms with E-state index in [9.17, 15) is 43.2 Å². The second kappa shape index (κ2) is 59.8. The minimum Gasteiger partial charge on any atom is -0.462 e. The van der Waals surface area contributed by atoms with Gasteiger partial charge in [0.1, 0.15) is 19.3 Å². The summed E-state index contributed by atoms with van der Waals surface area (Å²) in [4.78, 5) is 72.5. The van der Waals surface area contributed by atoms with Crippen molar-refractivity contribution in [3.63, 3.8) is 0 Å². The van der Waals surface area contributed by atoms with Gasteiger partial charge in [-0.1, -0.05) is 293 Å². The van der Waals surface area contributed by atoms with E-state index in [0.717, 1.165) is 114 Å². The summed E-state index contributed by atoms with van der Waals surface area (Å²) in [6.07, 6.45) is 41.8. The molecule has 89 heavy (non-hydrogen) atoms. The lowest BCUT2D eigenvalue weighted by atomic mass is 10.0. The summed E-state index contributed by atoms with van der Waals surface area (Å²) in [5.74, 6) is 0.821. The average molecular weight is 1310 g/mol. The third-order valence-electron chi connectivity index (χ3n) is 16.1. The Labute approximate surface area is 543 Å². The molecule has 0 aromatic rings. The Bertz CT molecular complexity index is 1760. The van der Waals surface area contributed by atoms with Gasteiger partial charge < -0.3 is 33.8 Å². The van der Waals surface area contributed by atoms with E-state index in [1.54, 1.807) is 0 Å². The number of aliphatic hydroxyl groups is 1. The Hall–Kier alpha value is -1.94. The predicted octanol–water partition coefficient (Wildman–Crippen LogP) is 19.7. The Balaban J connectivity index is 5.25. The number of aliphatic hydroxyl groups excluding tert-OH is 1. The van der Waals surface area contributed by atoms with Crippen molar-refractivity contribution in [2.45, 2.75) is 363 Å². The molecule has 0 amide bonds. The molecule has 0 aromatic carbocycles. The molecule has 528 valence electrons. The summed E-state index contributed by atoms with van der Waals surface area (Å²) in [7, 11) is -9.90. The third-order valence-corrected chi connectivity index (χ3v) is 18.0. The molecule has 0 aliphatic heterocycles. The zero-order chi connectivity index (χ0) is 66.1. The van der Waals surface area contributed by atoms with E-state index in [4.69, 9.17) is 37.0 Å². The number of phosphoric acid groups is 2. The number of carbonyl (C=O) groups is 4. The van der Waals surface area contributed by atoms with Crippen LogP contribution in [0.5, 0.6) is 0 Å². The van der Waals surface area contributed by atoms with Crippen LogP contribution in [0.2, 0.25) is 0 Å². The highest BCUT2D eigenvalue weighted by molar-refractivity contribution is 7.47. The van der Waals surface area contributed by atoms with Gasteiger partial charge in [0.2, 0.25) is 0 Å². The van der Waals surface area contributed by atoms with Gasteiger partial charge in [0, 0.05) is 25.7 Å². The van der Waals surface area contributed by atoms with Crippen LogP contribution in [-0.4, -0.2) is 96.7 Å². The van der Waals surface area contributed by atoms with E-state index < -0.39 is 97.5 Å². The maximum Gasteiger partial charge on any atom is 0.472 e. The van der Waals surface area contributed by atoms with Gasteiger partial charge >= 0.3 is 39.5 Å². The molecule has 0 radical (unpaired) electrons. The Morgan fingerprint density at radius 1 is 0.281 bits per heavy atom. The summed E-state index contributed by atoms with van der Waals surface area (Å²) < 4.78 is 68.3. The van der Waals surface area contributed by atoms with E-state index in [-0.39, 0.29) is 25.7 Å². The van der Waals surface area contributed by atoms with Crippen LogP contribution >= 0.6 is 15.6 Å². The molecule has 0 aliphatic rings. The fourth-order valence-corrected chi connectivity index (χ4v) is 12.1. The van der Waals surface area contributed by atoms with E-state index >= 15 is 0 Å². The Morgan fingerprint density at radius 3 is 0.697 bits per heavy atom. The van der Waals surface area contributed by atoms with Gasteiger partial charge in [0.15, 0.2) is 12.2 Å². The largest absolute Gasteiger partial charge is 0.472 e. The van der Waals surface area contributed by atoms with Crippen LogP contribution in [0.4, 0.5) is 0 Å². The standard InChI is InChI=1S/C70H136O17P2/c1-60(2)46-38-30-22-16-11-9-13-19-25-34-42-50-67(72)80-56-65(86-69(74)52-44-36-26-20-14-10-12-17-23-31-39-47-61(3)4)58-84-88(76,77)82-54-64(71)55-83-89(78,79)85-59-66(57-81-68(73)51-43-35-29-28-33-41-49-63(7)8)87-70(75)53-45-37-27-21-15-18-24-32-40-48-62(5)6/h60-66,71H,9-59H2,1-8H3,(H,76,77)(H,78,79)/t64-,65-,66-/m1/s1. The minimum atomic E-state index is -4.95. The molecule has 3 N–H and O–H groups in total. The van der Waals surface area contributed by atoms with Crippen molar-refractivity contribution in [1.82, 2.24) is 0 Å². The number of rotatable bonds is 67. The van der Waals surface area contributed by atoms with Crippen LogP contribution in [0.1, 0.15) is 344 Å². The summed E-state index contributed by atoms with van der Waals surface area (Å²) in [5.41, 5.74) is 0. The second-order valence-corrected chi connectivity index (χ2v) is 30.1. The summed E-state index contributed by atoms with van der Waals surface area (Å²) in [6, 6.07) is 0. The maximum absolute atomic E-state index is 13.0. The van der Waals surface area contributed by atoms with E-state index in [1.165, 1.54) is 141 Å². The van der Waals surface area contributed by atoms with Crippen molar-refractivity contribution in [2.24, 2.45) is 23.7 Å². The fourth-order valence-electron chi connectivity index (χ4n) is 10.5. The van der Waals surface area contributed by atoms with Crippen LogP contribution in [0, 0.1) is 23.7 Å². The summed E-state index contributed by atoms with van der Waals surface area (Å²) in [5, 5.41) is 10.6. The number of hydrogen-bond donors (Lipinski definition) is 3. The number of ether oxygens (including phenoxy) is 4. The van der Waals surface area contributed by atoms with Gasteiger partial charge in [-0.25, -0.2) is 9.13 Å². The number of unbranched alkanes of at least 4 members (excludes halogenated alkanes) is 33. The van der Waals surface area contributed by atoms with Crippen molar-refractivity contribution in [2.75, 3.05) is 39.6 Å². The molecule has 0 heterocycles. The van der Waals surface area contributed by atoms with Crippen molar-refractivity contribution in [3.8, 4) is 0 Å². The fraction of sp³-hybridized carbons (Fsp3) is 0.943. The van der Waals surface area contributed by atoms with E-state index in [0.29, 0.717) is 31.6 Å². The maximum atomic E-state index is 13.0. The number of phosphoric ester groups is 2. The van der Waals surface area contributed by atoms with Gasteiger partial charge in [-0.3, -0.25) is 37.3 Å². The van der Waals surface area contributed by atoms with Gasteiger partial charge in [0.05, 0.1) is 26.4 Å².